The zero-order valence-corrected chi connectivity index (χ0v) is 14.2. The third-order valence-corrected chi connectivity index (χ3v) is 5.40. The molecule has 0 aliphatic rings. The van der Waals surface area contributed by atoms with Crippen molar-refractivity contribution in [3.63, 3.8) is 0 Å². The highest BCUT2D eigenvalue weighted by molar-refractivity contribution is 9.12. The number of halogens is 2. The van der Waals surface area contributed by atoms with Gasteiger partial charge in [-0.2, -0.15) is 5.10 Å². The summed E-state index contributed by atoms with van der Waals surface area (Å²) in [7, 11) is 0. The van der Waals surface area contributed by atoms with Gasteiger partial charge >= 0.3 is 0 Å². The Balaban J connectivity index is 2.77. The third-order valence-electron chi connectivity index (χ3n) is 2.97. The lowest BCUT2D eigenvalue weighted by molar-refractivity contribution is 0.00880. The SMILES string of the molecule is CC(C)(C)C(O)C(CCC(Br)CBr)n1cncn1. The number of rotatable bonds is 6. The topological polar surface area (TPSA) is 50.9 Å². The monoisotopic (exact) mass is 381 g/mol. The molecule has 1 aromatic heterocycles. The molecule has 0 spiro atoms. The molecule has 0 amide bonds. The molecule has 3 atom stereocenters. The Morgan fingerprint density at radius 2 is 2.00 bits per heavy atom. The van der Waals surface area contributed by atoms with E-state index in [1.165, 1.54) is 6.33 Å². The van der Waals surface area contributed by atoms with E-state index < -0.39 is 6.10 Å². The van der Waals surface area contributed by atoms with E-state index in [-0.39, 0.29) is 11.5 Å². The Bertz CT molecular complexity index is 338. The summed E-state index contributed by atoms with van der Waals surface area (Å²) in [6.07, 6.45) is 4.58. The van der Waals surface area contributed by atoms with Gasteiger partial charge < -0.3 is 5.11 Å². The summed E-state index contributed by atoms with van der Waals surface area (Å²) < 4.78 is 1.77. The first-order valence-corrected chi connectivity index (χ1v) is 8.12. The molecule has 104 valence electrons. The quantitative estimate of drug-likeness (QED) is 0.768. The lowest BCUT2D eigenvalue weighted by atomic mass is 9.83. The molecular weight excluding hydrogens is 362 g/mol. The van der Waals surface area contributed by atoms with E-state index in [2.05, 4.69) is 41.9 Å². The van der Waals surface area contributed by atoms with Gasteiger partial charge in [0.2, 0.25) is 0 Å². The Morgan fingerprint density at radius 3 is 2.44 bits per heavy atom. The predicted octanol–water partition coefficient (Wildman–Crippen LogP) is 3.16. The van der Waals surface area contributed by atoms with Gasteiger partial charge in [0.15, 0.2) is 0 Å². The number of alkyl halides is 2. The van der Waals surface area contributed by atoms with Crippen LogP contribution in [0.2, 0.25) is 0 Å². The van der Waals surface area contributed by atoms with Gasteiger partial charge in [-0.05, 0) is 18.3 Å². The number of nitrogens with zero attached hydrogens (tertiary/aromatic N) is 3. The Morgan fingerprint density at radius 1 is 1.33 bits per heavy atom. The van der Waals surface area contributed by atoms with Crippen LogP contribution in [0.3, 0.4) is 0 Å². The lowest BCUT2D eigenvalue weighted by Crippen LogP contribution is -2.36. The fourth-order valence-corrected chi connectivity index (χ4v) is 2.42. The van der Waals surface area contributed by atoms with E-state index in [9.17, 15) is 5.11 Å². The molecule has 0 bridgehead atoms. The van der Waals surface area contributed by atoms with Gasteiger partial charge in [-0.1, -0.05) is 52.6 Å². The first-order valence-electron chi connectivity index (χ1n) is 6.08. The van der Waals surface area contributed by atoms with E-state index in [0.717, 1.165) is 18.2 Å². The number of aliphatic hydroxyl groups is 1. The van der Waals surface area contributed by atoms with Crippen LogP contribution in [-0.4, -0.2) is 36.1 Å². The molecule has 6 heteroatoms. The molecule has 1 rings (SSSR count). The fourth-order valence-electron chi connectivity index (χ4n) is 1.83. The molecule has 0 aromatic carbocycles. The number of hydrogen-bond donors (Lipinski definition) is 1. The Kier molecular flexibility index (Phi) is 6.27. The number of aliphatic hydroxyl groups excluding tert-OH is 1. The van der Waals surface area contributed by atoms with Crippen molar-refractivity contribution >= 4 is 31.9 Å². The molecule has 0 saturated carbocycles. The average molecular weight is 383 g/mol. The van der Waals surface area contributed by atoms with Crippen molar-refractivity contribution in [3.05, 3.63) is 12.7 Å². The van der Waals surface area contributed by atoms with Gasteiger partial charge in [-0.15, -0.1) is 0 Å². The summed E-state index contributed by atoms with van der Waals surface area (Å²) in [6.45, 7) is 6.12. The largest absolute Gasteiger partial charge is 0.390 e. The van der Waals surface area contributed by atoms with E-state index in [1.54, 1.807) is 11.0 Å². The van der Waals surface area contributed by atoms with Gasteiger partial charge in [-0.3, -0.25) is 0 Å². The van der Waals surface area contributed by atoms with Crippen molar-refractivity contribution in [3.8, 4) is 0 Å². The highest BCUT2D eigenvalue weighted by atomic mass is 79.9. The average Bonchev–Trinajstić information content (AvgIpc) is 2.81. The second kappa shape index (κ2) is 7.01. The summed E-state index contributed by atoms with van der Waals surface area (Å²) >= 11 is 7.04. The van der Waals surface area contributed by atoms with Crippen LogP contribution in [0.25, 0.3) is 0 Å². The van der Waals surface area contributed by atoms with Crippen LogP contribution >= 0.6 is 31.9 Å². The summed E-state index contributed by atoms with van der Waals surface area (Å²) in [5.41, 5.74) is -0.174. The van der Waals surface area contributed by atoms with Crippen molar-refractivity contribution in [2.45, 2.75) is 50.6 Å². The summed E-state index contributed by atoms with van der Waals surface area (Å²) in [6, 6.07) is -0.0356. The first-order chi connectivity index (χ1) is 8.36. The highest BCUT2D eigenvalue weighted by Gasteiger charge is 2.32. The summed E-state index contributed by atoms with van der Waals surface area (Å²) in [4.78, 5) is 4.39. The van der Waals surface area contributed by atoms with Crippen molar-refractivity contribution in [2.75, 3.05) is 5.33 Å². The molecule has 1 N–H and O–H groups in total. The molecule has 4 nitrogen and oxygen atoms in total. The minimum atomic E-state index is -0.450. The minimum Gasteiger partial charge on any atom is -0.390 e. The van der Waals surface area contributed by atoms with Crippen LogP contribution < -0.4 is 0 Å². The zero-order valence-electron chi connectivity index (χ0n) is 11.1. The standard InChI is InChI=1S/C12H21Br2N3O/c1-12(2,3)11(18)10(5-4-9(14)6-13)17-8-15-7-16-17/h7-11,18H,4-6H2,1-3H3. The zero-order chi connectivity index (χ0) is 13.8. The van der Waals surface area contributed by atoms with E-state index in [1.807, 2.05) is 20.8 Å². The van der Waals surface area contributed by atoms with Crippen molar-refractivity contribution in [1.82, 2.24) is 14.8 Å². The highest BCUT2D eigenvalue weighted by Crippen LogP contribution is 2.31. The maximum absolute atomic E-state index is 10.5. The van der Waals surface area contributed by atoms with Crippen LogP contribution in [0.4, 0.5) is 0 Å². The van der Waals surface area contributed by atoms with Crippen molar-refractivity contribution < 1.29 is 5.11 Å². The Hall–Kier alpha value is 0.0600. The molecule has 1 heterocycles. The lowest BCUT2D eigenvalue weighted by Gasteiger charge is -2.33. The third kappa shape index (κ3) is 4.63. The van der Waals surface area contributed by atoms with Gasteiger partial charge in [0.25, 0.3) is 0 Å². The predicted molar refractivity (Wildman–Crippen MR) is 80.3 cm³/mol. The van der Waals surface area contributed by atoms with Crippen LogP contribution in [-0.2, 0) is 0 Å². The second-order valence-corrected chi connectivity index (χ2v) is 7.53. The summed E-state index contributed by atoms with van der Waals surface area (Å²) in [5, 5.41) is 15.6. The normalized spacial score (nSPS) is 17.4. The van der Waals surface area contributed by atoms with Crippen molar-refractivity contribution in [1.29, 1.82) is 0 Å². The molecular formula is C12H21Br2N3O. The minimum absolute atomic E-state index is 0.0356. The maximum Gasteiger partial charge on any atom is 0.137 e. The number of aromatic nitrogens is 3. The molecule has 0 radical (unpaired) electrons. The van der Waals surface area contributed by atoms with Crippen LogP contribution in [0.1, 0.15) is 39.7 Å². The molecule has 0 aliphatic heterocycles. The fraction of sp³-hybridized carbons (Fsp3) is 0.833. The molecule has 3 unspecified atom stereocenters. The van der Waals surface area contributed by atoms with Crippen LogP contribution in [0, 0.1) is 5.41 Å². The van der Waals surface area contributed by atoms with Gasteiger partial charge in [0.05, 0.1) is 12.1 Å². The summed E-state index contributed by atoms with van der Waals surface area (Å²) in [5.74, 6) is 0. The Labute approximate surface area is 125 Å². The van der Waals surface area contributed by atoms with Crippen LogP contribution in [0.15, 0.2) is 12.7 Å². The molecule has 0 aliphatic carbocycles. The van der Waals surface area contributed by atoms with Gasteiger partial charge in [0, 0.05) is 10.2 Å². The molecule has 18 heavy (non-hydrogen) atoms. The smallest absolute Gasteiger partial charge is 0.137 e. The molecule has 1 aromatic rings. The second-order valence-electron chi connectivity index (χ2n) is 5.58. The van der Waals surface area contributed by atoms with E-state index in [4.69, 9.17) is 0 Å². The number of hydrogen-bond acceptors (Lipinski definition) is 3. The molecule has 0 saturated heterocycles. The van der Waals surface area contributed by atoms with Gasteiger partial charge in [0.1, 0.15) is 12.7 Å². The van der Waals surface area contributed by atoms with Gasteiger partial charge in [-0.25, -0.2) is 9.67 Å². The maximum atomic E-state index is 10.5. The van der Waals surface area contributed by atoms with Crippen molar-refractivity contribution in [2.24, 2.45) is 5.41 Å². The van der Waals surface area contributed by atoms with Crippen LogP contribution in [0.5, 0.6) is 0 Å². The van der Waals surface area contributed by atoms with E-state index in [0.29, 0.717) is 4.83 Å². The van der Waals surface area contributed by atoms with E-state index >= 15 is 0 Å². The molecule has 0 fully saturated rings. The first kappa shape index (κ1) is 16.1.